The van der Waals surface area contributed by atoms with Gasteiger partial charge in [-0.25, -0.2) is 0 Å². The second-order valence-corrected chi connectivity index (χ2v) is 6.80. The van der Waals surface area contributed by atoms with Crippen LogP contribution in [0.1, 0.15) is 50.8 Å². The Balaban J connectivity index is 1.96. The van der Waals surface area contributed by atoms with Crippen LogP contribution in [0, 0.1) is 5.92 Å². The maximum atomic E-state index is 12.4. The molecule has 0 spiro atoms. The smallest absolute Gasteiger partial charge is 0.240 e. The fourth-order valence-corrected chi connectivity index (χ4v) is 2.80. The van der Waals surface area contributed by atoms with Gasteiger partial charge in [0.2, 0.25) is 5.91 Å². The minimum atomic E-state index is -0.788. The number of nitrogens with one attached hydrogen (secondary N) is 1. The highest BCUT2D eigenvalue weighted by molar-refractivity contribution is 5.86. The Morgan fingerprint density at radius 3 is 2.36 bits per heavy atom. The van der Waals surface area contributed by atoms with Crippen LogP contribution in [0.25, 0.3) is 0 Å². The van der Waals surface area contributed by atoms with E-state index in [9.17, 15) is 4.79 Å². The van der Waals surface area contributed by atoms with E-state index < -0.39 is 5.54 Å². The van der Waals surface area contributed by atoms with E-state index in [0.29, 0.717) is 32.0 Å². The zero-order valence-corrected chi connectivity index (χ0v) is 13.9. The maximum absolute atomic E-state index is 12.4. The predicted octanol–water partition coefficient (Wildman–Crippen LogP) is 2.57. The minimum Gasteiger partial charge on any atom is -0.381 e. The number of nitrogens with two attached hydrogens (primary N) is 1. The van der Waals surface area contributed by atoms with Crippen molar-refractivity contribution in [3.8, 4) is 0 Å². The van der Waals surface area contributed by atoms with Crippen LogP contribution < -0.4 is 11.1 Å². The summed E-state index contributed by atoms with van der Waals surface area (Å²) < 4.78 is 5.29. The largest absolute Gasteiger partial charge is 0.381 e. The summed E-state index contributed by atoms with van der Waals surface area (Å²) >= 11 is 0. The van der Waals surface area contributed by atoms with E-state index in [-0.39, 0.29) is 11.9 Å². The van der Waals surface area contributed by atoms with Crippen molar-refractivity contribution in [1.82, 2.24) is 5.32 Å². The lowest BCUT2D eigenvalue weighted by molar-refractivity contribution is -0.130. The van der Waals surface area contributed by atoms with Gasteiger partial charge in [0.05, 0.1) is 11.6 Å². The lowest BCUT2D eigenvalue weighted by Gasteiger charge is -2.33. The molecule has 1 fully saturated rings. The summed E-state index contributed by atoms with van der Waals surface area (Å²) in [7, 11) is 0. The second-order valence-electron chi connectivity index (χ2n) is 6.80. The molecule has 3 N–H and O–H groups in total. The summed E-state index contributed by atoms with van der Waals surface area (Å²) in [6.07, 6.45) is 2.24. The molecule has 1 aromatic carbocycles. The molecule has 1 unspecified atom stereocenters. The van der Waals surface area contributed by atoms with E-state index in [1.54, 1.807) is 0 Å². The summed E-state index contributed by atoms with van der Waals surface area (Å²) in [4.78, 5) is 12.4. The molecule has 1 saturated heterocycles. The van der Waals surface area contributed by atoms with E-state index in [1.807, 2.05) is 6.92 Å². The van der Waals surface area contributed by atoms with Crippen molar-refractivity contribution in [2.24, 2.45) is 11.7 Å². The molecule has 1 heterocycles. The number of benzene rings is 1. The summed E-state index contributed by atoms with van der Waals surface area (Å²) in [5, 5.41) is 3.05. The number of rotatable bonds is 5. The fourth-order valence-electron chi connectivity index (χ4n) is 2.80. The first-order valence-electron chi connectivity index (χ1n) is 8.17. The van der Waals surface area contributed by atoms with Crippen LogP contribution >= 0.6 is 0 Å². The number of carbonyl (C=O) groups excluding carboxylic acids is 1. The standard InChI is InChI=1S/C18H28N2O2/c1-13(2)12-15-4-6-16(7-5-15)14(3)20-17(21)18(19)8-10-22-11-9-18/h4-7,13-14H,8-12,19H2,1-3H3,(H,20,21). The molecule has 122 valence electrons. The minimum absolute atomic E-state index is 0.0381. The van der Waals surface area contributed by atoms with Gasteiger partial charge in [0.1, 0.15) is 0 Å². The van der Waals surface area contributed by atoms with Gasteiger partial charge in [-0.1, -0.05) is 38.1 Å². The normalized spacial score (nSPS) is 19.0. The van der Waals surface area contributed by atoms with Gasteiger partial charge in [-0.15, -0.1) is 0 Å². The molecule has 1 amide bonds. The molecule has 22 heavy (non-hydrogen) atoms. The number of ether oxygens (including phenoxy) is 1. The Morgan fingerprint density at radius 2 is 1.82 bits per heavy atom. The summed E-state index contributed by atoms with van der Waals surface area (Å²) in [6, 6.07) is 8.44. The van der Waals surface area contributed by atoms with Crippen molar-refractivity contribution in [1.29, 1.82) is 0 Å². The van der Waals surface area contributed by atoms with E-state index in [1.165, 1.54) is 5.56 Å². The van der Waals surface area contributed by atoms with Gasteiger partial charge >= 0.3 is 0 Å². The van der Waals surface area contributed by atoms with Crippen LogP contribution in [0.2, 0.25) is 0 Å². The average Bonchev–Trinajstić information content (AvgIpc) is 2.48. The summed E-state index contributed by atoms with van der Waals surface area (Å²) in [5.74, 6) is 0.572. The molecule has 4 nitrogen and oxygen atoms in total. The van der Waals surface area contributed by atoms with Crippen LogP contribution in [0.5, 0.6) is 0 Å². The van der Waals surface area contributed by atoms with Gasteiger partial charge in [0, 0.05) is 13.2 Å². The van der Waals surface area contributed by atoms with Gasteiger partial charge in [-0.05, 0) is 43.2 Å². The Bertz CT molecular complexity index is 490. The summed E-state index contributed by atoms with van der Waals surface area (Å²) in [6.45, 7) is 7.54. The third-order valence-corrected chi connectivity index (χ3v) is 4.31. The molecule has 0 aliphatic carbocycles. The highest BCUT2D eigenvalue weighted by atomic mass is 16.5. The van der Waals surface area contributed by atoms with Gasteiger partial charge in [-0.2, -0.15) is 0 Å². The monoisotopic (exact) mass is 304 g/mol. The molecule has 0 aromatic heterocycles. The quantitative estimate of drug-likeness (QED) is 0.878. The van der Waals surface area contributed by atoms with Gasteiger partial charge < -0.3 is 15.8 Å². The van der Waals surface area contributed by atoms with E-state index in [0.717, 1.165) is 12.0 Å². The second kappa shape index (κ2) is 7.25. The van der Waals surface area contributed by atoms with Gasteiger partial charge in [0.25, 0.3) is 0 Å². The first-order chi connectivity index (χ1) is 10.4. The third-order valence-electron chi connectivity index (χ3n) is 4.31. The first-order valence-corrected chi connectivity index (χ1v) is 8.17. The Kier molecular flexibility index (Phi) is 5.59. The zero-order chi connectivity index (χ0) is 16.2. The molecule has 2 rings (SSSR count). The SMILES string of the molecule is CC(C)Cc1ccc(C(C)NC(=O)C2(N)CCOCC2)cc1. The predicted molar refractivity (Wildman–Crippen MR) is 88.5 cm³/mol. The highest BCUT2D eigenvalue weighted by Gasteiger charge is 2.36. The van der Waals surface area contributed by atoms with Crippen LogP contribution in [-0.2, 0) is 16.0 Å². The lowest BCUT2D eigenvalue weighted by Crippen LogP contribution is -2.57. The number of hydrogen-bond donors (Lipinski definition) is 2. The maximum Gasteiger partial charge on any atom is 0.240 e. The highest BCUT2D eigenvalue weighted by Crippen LogP contribution is 2.21. The van der Waals surface area contributed by atoms with E-state index in [2.05, 4.69) is 43.4 Å². The van der Waals surface area contributed by atoms with Crippen LogP contribution in [0.3, 0.4) is 0 Å². The van der Waals surface area contributed by atoms with Crippen LogP contribution in [0.4, 0.5) is 0 Å². The molecule has 1 atom stereocenters. The Hall–Kier alpha value is -1.39. The molecule has 1 aromatic rings. The van der Waals surface area contributed by atoms with Crippen molar-refractivity contribution in [2.75, 3.05) is 13.2 Å². The molecular weight excluding hydrogens is 276 g/mol. The molecule has 1 aliphatic rings. The Labute approximate surface area is 133 Å². The molecule has 0 saturated carbocycles. The molecule has 0 radical (unpaired) electrons. The van der Waals surface area contributed by atoms with Crippen LogP contribution in [-0.4, -0.2) is 24.7 Å². The molecule has 0 bridgehead atoms. The van der Waals surface area contributed by atoms with Gasteiger partial charge in [-0.3, -0.25) is 4.79 Å². The molecule has 4 heteroatoms. The number of amides is 1. The van der Waals surface area contributed by atoms with Crippen molar-refractivity contribution >= 4 is 5.91 Å². The van der Waals surface area contributed by atoms with Crippen LogP contribution in [0.15, 0.2) is 24.3 Å². The average molecular weight is 304 g/mol. The lowest BCUT2D eigenvalue weighted by atomic mass is 9.90. The summed E-state index contributed by atoms with van der Waals surface area (Å²) in [5.41, 5.74) is 7.87. The van der Waals surface area contributed by atoms with E-state index >= 15 is 0 Å². The first kappa shape index (κ1) is 17.0. The third kappa shape index (κ3) is 4.31. The van der Waals surface area contributed by atoms with Crippen molar-refractivity contribution in [3.05, 3.63) is 35.4 Å². The Morgan fingerprint density at radius 1 is 1.23 bits per heavy atom. The molecular formula is C18H28N2O2. The molecule has 1 aliphatic heterocycles. The van der Waals surface area contributed by atoms with E-state index in [4.69, 9.17) is 10.5 Å². The number of hydrogen-bond acceptors (Lipinski definition) is 3. The zero-order valence-electron chi connectivity index (χ0n) is 13.9. The fraction of sp³-hybridized carbons (Fsp3) is 0.611. The van der Waals surface area contributed by atoms with Gasteiger partial charge in [0.15, 0.2) is 0 Å². The number of carbonyl (C=O) groups is 1. The topological polar surface area (TPSA) is 64.4 Å². The van der Waals surface area contributed by atoms with Crippen molar-refractivity contribution in [3.63, 3.8) is 0 Å². The van der Waals surface area contributed by atoms with Crippen molar-refractivity contribution in [2.45, 2.75) is 51.6 Å². The van der Waals surface area contributed by atoms with Crippen molar-refractivity contribution < 1.29 is 9.53 Å².